The Kier molecular flexibility index (Phi) is 6.83. The summed E-state index contributed by atoms with van der Waals surface area (Å²) in [7, 11) is 1.57. The third-order valence-electron chi connectivity index (χ3n) is 3.20. The summed E-state index contributed by atoms with van der Waals surface area (Å²) in [6.07, 6.45) is 0.517. The fourth-order valence-electron chi connectivity index (χ4n) is 1.55. The number of carboxylic acid groups (broad SMARTS) is 1. The van der Waals surface area contributed by atoms with Crippen molar-refractivity contribution in [2.45, 2.75) is 39.7 Å². The smallest absolute Gasteiger partial charge is 0.317 e. The van der Waals surface area contributed by atoms with E-state index in [9.17, 15) is 14.7 Å². The quantitative estimate of drug-likeness (QED) is 0.649. The maximum absolute atomic E-state index is 11.9. The predicted octanol–water partition coefficient (Wildman–Crippen LogP) is 1.15. The molecule has 0 aromatic rings. The Morgan fingerprint density at radius 1 is 1.32 bits per heavy atom. The number of hydrogen-bond acceptors (Lipinski definition) is 3. The number of amides is 2. The lowest BCUT2D eigenvalue weighted by Crippen LogP contribution is -2.52. The molecule has 112 valence electrons. The molecular weight excluding hydrogens is 248 g/mol. The molecule has 19 heavy (non-hydrogen) atoms. The summed E-state index contributed by atoms with van der Waals surface area (Å²) in [5.41, 5.74) is -0.680. The van der Waals surface area contributed by atoms with E-state index in [0.717, 1.165) is 0 Å². The van der Waals surface area contributed by atoms with Gasteiger partial charge in [-0.05, 0) is 26.2 Å². The predicted molar refractivity (Wildman–Crippen MR) is 72.9 cm³/mol. The van der Waals surface area contributed by atoms with Crippen LogP contribution in [0.15, 0.2) is 0 Å². The first-order chi connectivity index (χ1) is 8.61. The lowest BCUT2D eigenvalue weighted by atomic mass is 9.97. The van der Waals surface area contributed by atoms with Gasteiger partial charge in [0, 0.05) is 13.6 Å². The first-order valence-corrected chi connectivity index (χ1v) is 6.47. The number of urea groups is 1. The highest BCUT2D eigenvalue weighted by Gasteiger charge is 2.28. The molecule has 0 aliphatic rings. The lowest BCUT2D eigenvalue weighted by molar-refractivity contribution is -0.142. The van der Waals surface area contributed by atoms with Gasteiger partial charge in [-0.15, -0.1) is 0 Å². The summed E-state index contributed by atoms with van der Waals surface area (Å²) in [6, 6.07) is -0.381. The van der Waals surface area contributed by atoms with Crippen molar-refractivity contribution in [2.24, 2.45) is 11.8 Å². The van der Waals surface area contributed by atoms with E-state index in [1.807, 2.05) is 13.8 Å². The number of carbonyl (C=O) groups excluding carboxylic acids is 1. The highest BCUT2D eigenvalue weighted by Crippen LogP contribution is 2.13. The van der Waals surface area contributed by atoms with E-state index in [1.165, 1.54) is 4.90 Å². The van der Waals surface area contributed by atoms with Crippen molar-refractivity contribution in [2.75, 3.05) is 20.2 Å². The Labute approximate surface area is 114 Å². The zero-order chi connectivity index (χ0) is 15.2. The first-order valence-electron chi connectivity index (χ1n) is 6.47. The van der Waals surface area contributed by atoms with Crippen molar-refractivity contribution < 1.29 is 19.8 Å². The molecule has 0 saturated heterocycles. The number of nitrogens with zero attached hydrogens (tertiary/aromatic N) is 1. The van der Waals surface area contributed by atoms with Gasteiger partial charge in [0.05, 0.1) is 18.1 Å². The van der Waals surface area contributed by atoms with Crippen LogP contribution >= 0.6 is 0 Å². The highest BCUT2D eigenvalue weighted by molar-refractivity contribution is 5.76. The fraction of sp³-hybridized carbons (Fsp3) is 0.846. The molecule has 0 saturated carbocycles. The summed E-state index contributed by atoms with van der Waals surface area (Å²) >= 11 is 0. The number of aliphatic carboxylic acids is 1. The van der Waals surface area contributed by atoms with Crippen molar-refractivity contribution in [3.63, 3.8) is 0 Å². The summed E-state index contributed by atoms with van der Waals surface area (Å²) < 4.78 is 0. The molecule has 0 radical (unpaired) electrons. The van der Waals surface area contributed by atoms with Crippen LogP contribution in [0.2, 0.25) is 0 Å². The van der Waals surface area contributed by atoms with Crippen molar-refractivity contribution in [3.05, 3.63) is 0 Å². The van der Waals surface area contributed by atoms with Crippen LogP contribution < -0.4 is 5.32 Å². The maximum atomic E-state index is 11.9. The first kappa shape index (κ1) is 17.7. The number of carbonyl (C=O) groups is 2. The minimum absolute atomic E-state index is 0.0954. The molecule has 0 aliphatic heterocycles. The number of aliphatic hydroxyl groups excluding tert-OH is 1. The maximum Gasteiger partial charge on any atom is 0.317 e. The summed E-state index contributed by atoms with van der Waals surface area (Å²) in [4.78, 5) is 24.3. The molecule has 0 rings (SSSR count). The number of carboxylic acids is 1. The third kappa shape index (κ3) is 5.92. The van der Waals surface area contributed by atoms with E-state index < -0.39 is 17.4 Å². The minimum atomic E-state index is -0.905. The molecule has 0 spiro atoms. The standard InChI is InChI=1S/C13H26N2O4/c1-9(2)6-10(11(17)18)7-14-12(19)15(5)13(3,4)8-16/h9-10,16H,6-8H2,1-5H3,(H,14,19)(H,17,18). The number of aliphatic hydroxyl groups is 1. The molecule has 6 heteroatoms. The second-order valence-electron chi connectivity index (χ2n) is 5.88. The normalized spacial score (nSPS) is 13.2. The number of rotatable bonds is 7. The molecule has 1 atom stereocenters. The number of hydrogen-bond donors (Lipinski definition) is 3. The average Bonchev–Trinajstić information content (AvgIpc) is 2.32. The molecule has 0 aliphatic carbocycles. The second kappa shape index (κ2) is 7.33. The Balaban J connectivity index is 4.45. The van der Waals surface area contributed by atoms with Gasteiger partial charge in [0.2, 0.25) is 0 Å². The summed E-state index contributed by atoms with van der Waals surface area (Å²) in [5.74, 6) is -1.24. The van der Waals surface area contributed by atoms with Gasteiger partial charge >= 0.3 is 12.0 Å². The van der Waals surface area contributed by atoms with Crippen LogP contribution in [-0.4, -0.2) is 52.9 Å². The van der Waals surface area contributed by atoms with E-state index in [4.69, 9.17) is 5.11 Å². The van der Waals surface area contributed by atoms with Gasteiger partial charge in [-0.25, -0.2) is 4.79 Å². The van der Waals surface area contributed by atoms with Crippen LogP contribution in [-0.2, 0) is 4.79 Å². The van der Waals surface area contributed by atoms with Crippen LogP contribution in [0.4, 0.5) is 4.79 Å². The Hall–Kier alpha value is -1.30. The highest BCUT2D eigenvalue weighted by atomic mass is 16.4. The summed E-state index contributed by atoms with van der Waals surface area (Å²) in [6.45, 7) is 7.28. The van der Waals surface area contributed by atoms with Gasteiger partial charge in [0.1, 0.15) is 0 Å². The van der Waals surface area contributed by atoms with Crippen LogP contribution in [0.25, 0.3) is 0 Å². The van der Waals surface area contributed by atoms with Gasteiger partial charge < -0.3 is 20.4 Å². The molecule has 0 heterocycles. The zero-order valence-electron chi connectivity index (χ0n) is 12.4. The monoisotopic (exact) mass is 274 g/mol. The zero-order valence-corrected chi connectivity index (χ0v) is 12.4. The van der Waals surface area contributed by atoms with E-state index in [0.29, 0.717) is 6.42 Å². The van der Waals surface area contributed by atoms with Crippen LogP contribution in [0, 0.1) is 11.8 Å². The topological polar surface area (TPSA) is 89.9 Å². The molecule has 0 aromatic carbocycles. The molecule has 1 unspecified atom stereocenters. The van der Waals surface area contributed by atoms with E-state index in [-0.39, 0.29) is 25.1 Å². The van der Waals surface area contributed by atoms with E-state index in [1.54, 1.807) is 20.9 Å². The van der Waals surface area contributed by atoms with E-state index >= 15 is 0 Å². The third-order valence-corrected chi connectivity index (χ3v) is 3.20. The Bertz CT molecular complexity index is 316. The van der Waals surface area contributed by atoms with Gasteiger partial charge in [-0.2, -0.15) is 0 Å². The largest absolute Gasteiger partial charge is 0.481 e. The molecule has 2 amide bonds. The molecule has 0 bridgehead atoms. The minimum Gasteiger partial charge on any atom is -0.481 e. The van der Waals surface area contributed by atoms with Crippen molar-refractivity contribution in [1.29, 1.82) is 0 Å². The number of likely N-dealkylation sites (N-methyl/N-ethyl adjacent to an activating group) is 1. The molecule has 0 fully saturated rings. The van der Waals surface area contributed by atoms with Gasteiger partial charge in [0.15, 0.2) is 0 Å². The molecule has 6 nitrogen and oxygen atoms in total. The fourth-order valence-corrected chi connectivity index (χ4v) is 1.55. The van der Waals surface area contributed by atoms with Crippen molar-refractivity contribution in [3.8, 4) is 0 Å². The average molecular weight is 274 g/mol. The van der Waals surface area contributed by atoms with E-state index in [2.05, 4.69) is 5.32 Å². The Morgan fingerprint density at radius 3 is 2.21 bits per heavy atom. The van der Waals surface area contributed by atoms with Gasteiger partial charge in [-0.1, -0.05) is 13.8 Å². The number of nitrogens with one attached hydrogen (secondary N) is 1. The molecular formula is C13H26N2O4. The van der Waals surface area contributed by atoms with Crippen molar-refractivity contribution in [1.82, 2.24) is 10.2 Å². The molecule has 3 N–H and O–H groups in total. The van der Waals surface area contributed by atoms with Crippen LogP contribution in [0.1, 0.15) is 34.1 Å². The van der Waals surface area contributed by atoms with Crippen LogP contribution in [0.5, 0.6) is 0 Å². The van der Waals surface area contributed by atoms with Gasteiger partial charge in [0.25, 0.3) is 0 Å². The van der Waals surface area contributed by atoms with Gasteiger partial charge in [-0.3, -0.25) is 4.79 Å². The summed E-state index contributed by atoms with van der Waals surface area (Å²) in [5, 5.41) is 20.9. The Morgan fingerprint density at radius 2 is 1.84 bits per heavy atom. The SMILES string of the molecule is CC(C)CC(CNC(=O)N(C)C(C)(C)CO)C(=O)O. The van der Waals surface area contributed by atoms with Crippen molar-refractivity contribution >= 4 is 12.0 Å². The molecule has 0 aromatic heterocycles. The van der Waals surface area contributed by atoms with Crippen LogP contribution in [0.3, 0.4) is 0 Å². The second-order valence-corrected chi connectivity index (χ2v) is 5.88. The lowest BCUT2D eigenvalue weighted by Gasteiger charge is -2.34.